The number of nitrogens with one attached hydrogen (secondary N) is 2. The Morgan fingerprint density at radius 1 is 1.27 bits per heavy atom. The molecular weight excluding hydrogens is 376 g/mol. The molecular formula is C18H23ClN2O4S. The minimum atomic E-state index is -3.54. The molecule has 0 aliphatic carbocycles. The number of sulfone groups is 1. The molecule has 2 heterocycles. The predicted octanol–water partition coefficient (Wildman–Crippen LogP) is 2.55. The van der Waals surface area contributed by atoms with E-state index in [0.29, 0.717) is 5.56 Å². The van der Waals surface area contributed by atoms with Crippen molar-refractivity contribution in [2.24, 2.45) is 0 Å². The third kappa shape index (κ3) is 4.66. The summed E-state index contributed by atoms with van der Waals surface area (Å²) >= 11 is 0. The highest BCUT2D eigenvalue weighted by atomic mass is 35.5. The predicted molar refractivity (Wildman–Crippen MR) is 101 cm³/mol. The van der Waals surface area contributed by atoms with Crippen LogP contribution in [0.4, 0.5) is 0 Å². The second-order valence-electron chi connectivity index (χ2n) is 6.31. The van der Waals surface area contributed by atoms with Gasteiger partial charge in [-0.2, -0.15) is 0 Å². The van der Waals surface area contributed by atoms with Crippen molar-refractivity contribution in [3.8, 4) is 0 Å². The minimum Gasteiger partial charge on any atom is -0.459 e. The molecule has 1 aromatic heterocycles. The van der Waals surface area contributed by atoms with Gasteiger partial charge in [-0.05, 0) is 44.5 Å². The molecule has 1 fully saturated rings. The maximum absolute atomic E-state index is 12.5. The molecule has 6 nitrogen and oxygen atoms in total. The number of halogens is 1. The maximum Gasteiger partial charge on any atom is 0.287 e. The molecule has 1 saturated heterocycles. The Morgan fingerprint density at radius 2 is 2.00 bits per heavy atom. The van der Waals surface area contributed by atoms with Crippen molar-refractivity contribution in [1.29, 1.82) is 0 Å². The zero-order valence-corrected chi connectivity index (χ0v) is 16.1. The zero-order valence-electron chi connectivity index (χ0n) is 14.5. The summed E-state index contributed by atoms with van der Waals surface area (Å²) in [4.78, 5) is 12.8. The van der Waals surface area contributed by atoms with E-state index in [2.05, 4.69) is 10.6 Å². The molecule has 2 atom stereocenters. The van der Waals surface area contributed by atoms with Crippen LogP contribution < -0.4 is 10.6 Å². The smallest absolute Gasteiger partial charge is 0.287 e. The average Bonchev–Trinajstić information content (AvgIpc) is 3.05. The lowest BCUT2D eigenvalue weighted by molar-refractivity contribution is 0.0890. The molecule has 0 spiro atoms. The highest BCUT2D eigenvalue weighted by molar-refractivity contribution is 7.90. The van der Waals surface area contributed by atoms with Crippen molar-refractivity contribution in [3.63, 3.8) is 0 Å². The lowest BCUT2D eigenvalue weighted by Crippen LogP contribution is -2.51. The van der Waals surface area contributed by atoms with Crippen LogP contribution in [0.15, 0.2) is 52.0 Å². The lowest BCUT2D eigenvalue weighted by Gasteiger charge is -2.30. The first-order valence-electron chi connectivity index (χ1n) is 8.36. The number of hydrogen-bond donors (Lipinski definition) is 2. The van der Waals surface area contributed by atoms with Gasteiger partial charge in [-0.1, -0.05) is 18.2 Å². The van der Waals surface area contributed by atoms with Crippen LogP contribution in [0.5, 0.6) is 0 Å². The molecule has 0 bridgehead atoms. The van der Waals surface area contributed by atoms with Gasteiger partial charge in [0.15, 0.2) is 15.6 Å². The SMILES string of the molecule is CC1NCCCC1NC(=O)c1occc1CS(=O)(=O)c1ccccc1.Cl. The summed E-state index contributed by atoms with van der Waals surface area (Å²) in [6.45, 7) is 2.96. The van der Waals surface area contributed by atoms with Crippen LogP contribution in [0, 0.1) is 0 Å². The summed E-state index contributed by atoms with van der Waals surface area (Å²) in [5.41, 5.74) is 0.373. The van der Waals surface area contributed by atoms with E-state index in [0.717, 1.165) is 19.4 Å². The summed E-state index contributed by atoms with van der Waals surface area (Å²) in [6.07, 6.45) is 3.23. The highest BCUT2D eigenvalue weighted by Crippen LogP contribution is 2.20. The second-order valence-corrected chi connectivity index (χ2v) is 8.30. The van der Waals surface area contributed by atoms with Crippen molar-refractivity contribution in [2.75, 3.05) is 6.54 Å². The summed E-state index contributed by atoms with van der Waals surface area (Å²) < 4.78 is 30.4. The monoisotopic (exact) mass is 398 g/mol. The topological polar surface area (TPSA) is 88.4 Å². The quantitative estimate of drug-likeness (QED) is 0.808. The highest BCUT2D eigenvalue weighted by Gasteiger charge is 2.27. The van der Waals surface area contributed by atoms with Crippen LogP contribution in [0.1, 0.15) is 35.9 Å². The fourth-order valence-corrected chi connectivity index (χ4v) is 4.41. The molecule has 2 N–H and O–H groups in total. The second kappa shape index (κ2) is 8.70. The van der Waals surface area contributed by atoms with Crippen molar-refractivity contribution in [1.82, 2.24) is 10.6 Å². The van der Waals surface area contributed by atoms with Gasteiger partial charge < -0.3 is 15.1 Å². The number of hydrogen-bond acceptors (Lipinski definition) is 5. The van der Waals surface area contributed by atoms with Gasteiger partial charge in [0.05, 0.1) is 16.9 Å². The van der Waals surface area contributed by atoms with E-state index in [1.165, 1.54) is 12.3 Å². The van der Waals surface area contributed by atoms with Crippen LogP contribution >= 0.6 is 12.4 Å². The van der Waals surface area contributed by atoms with Crippen LogP contribution in [0.2, 0.25) is 0 Å². The van der Waals surface area contributed by atoms with Crippen LogP contribution in [0.3, 0.4) is 0 Å². The normalized spacial score (nSPS) is 20.2. The van der Waals surface area contributed by atoms with E-state index in [1.54, 1.807) is 30.3 Å². The van der Waals surface area contributed by atoms with E-state index < -0.39 is 9.84 Å². The minimum absolute atomic E-state index is 0. The van der Waals surface area contributed by atoms with Crippen LogP contribution in [-0.4, -0.2) is 33.0 Å². The number of carbonyl (C=O) groups is 1. The van der Waals surface area contributed by atoms with E-state index in [-0.39, 0.29) is 46.8 Å². The zero-order chi connectivity index (χ0) is 17.9. The fraction of sp³-hybridized carbons (Fsp3) is 0.389. The van der Waals surface area contributed by atoms with E-state index in [1.807, 2.05) is 6.92 Å². The largest absolute Gasteiger partial charge is 0.459 e. The lowest BCUT2D eigenvalue weighted by atomic mass is 10.00. The van der Waals surface area contributed by atoms with E-state index in [4.69, 9.17) is 4.42 Å². The number of amides is 1. The van der Waals surface area contributed by atoms with Gasteiger partial charge in [0.25, 0.3) is 5.91 Å². The summed E-state index contributed by atoms with van der Waals surface area (Å²) in [5.74, 6) is -0.574. The number of carbonyl (C=O) groups excluding carboxylic acids is 1. The summed E-state index contributed by atoms with van der Waals surface area (Å²) in [7, 11) is -3.54. The molecule has 2 unspecified atom stereocenters. The van der Waals surface area contributed by atoms with Crippen molar-refractivity contribution >= 4 is 28.2 Å². The Hall–Kier alpha value is -1.83. The molecule has 8 heteroatoms. The summed E-state index contributed by atoms with van der Waals surface area (Å²) in [5, 5.41) is 6.26. The molecule has 1 aromatic carbocycles. The number of benzene rings is 1. The molecule has 2 aromatic rings. The maximum atomic E-state index is 12.5. The third-order valence-corrected chi connectivity index (χ3v) is 6.16. The fourth-order valence-electron chi connectivity index (χ4n) is 3.04. The number of rotatable bonds is 5. The van der Waals surface area contributed by atoms with Crippen LogP contribution in [0.25, 0.3) is 0 Å². The standard InChI is InChI=1S/C18H22N2O4S.ClH/c1-13-16(8-5-10-19-13)20-18(21)17-14(9-11-24-17)12-25(22,23)15-6-3-2-4-7-15;/h2-4,6-7,9,11,13,16,19H,5,8,10,12H2,1H3,(H,20,21);1H. The average molecular weight is 399 g/mol. The molecule has 3 rings (SSSR count). The Morgan fingerprint density at radius 3 is 2.69 bits per heavy atom. The van der Waals surface area contributed by atoms with E-state index >= 15 is 0 Å². The van der Waals surface area contributed by atoms with Gasteiger partial charge in [0.2, 0.25) is 0 Å². The molecule has 1 amide bonds. The van der Waals surface area contributed by atoms with Crippen molar-refractivity contribution in [3.05, 3.63) is 54.0 Å². The Labute approximate surface area is 159 Å². The van der Waals surface area contributed by atoms with Gasteiger partial charge >= 0.3 is 0 Å². The van der Waals surface area contributed by atoms with Gasteiger partial charge in [0, 0.05) is 17.6 Å². The molecule has 26 heavy (non-hydrogen) atoms. The van der Waals surface area contributed by atoms with E-state index in [9.17, 15) is 13.2 Å². The van der Waals surface area contributed by atoms with Gasteiger partial charge in [-0.15, -0.1) is 12.4 Å². The van der Waals surface area contributed by atoms with Crippen molar-refractivity contribution < 1.29 is 17.6 Å². The number of furan rings is 1. The Kier molecular flexibility index (Phi) is 6.86. The molecule has 142 valence electrons. The molecule has 1 aliphatic heterocycles. The summed E-state index contributed by atoms with van der Waals surface area (Å²) in [6, 6.07) is 9.91. The van der Waals surface area contributed by atoms with Gasteiger partial charge in [-0.3, -0.25) is 4.79 Å². The van der Waals surface area contributed by atoms with Gasteiger partial charge in [-0.25, -0.2) is 8.42 Å². The molecule has 0 saturated carbocycles. The Balaban J connectivity index is 0.00000243. The first-order valence-corrected chi connectivity index (χ1v) is 10.0. The van der Waals surface area contributed by atoms with Gasteiger partial charge in [0.1, 0.15) is 0 Å². The number of piperidine rings is 1. The molecule has 1 aliphatic rings. The first-order chi connectivity index (χ1) is 12.0. The Bertz CT molecular complexity index is 836. The third-order valence-electron chi connectivity index (χ3n) is 4.48. The van der Waals surface area contributed by atoms with Crippen molar-refractivity contribution in [2.45, 2.75) is 42.5 Å². The van der Waals surface area contributed by atoms with Crippen LogP contribution in [-0.2, 0) is 15.6 Å². The molecule has 0 radical (unpaired) electrons. The first kappa shape index (κ1) is 20.5.